The van der Waals surface area contributed by atoms with Gasteiger partial charge in [-0.15, -0.1) is 0 Å². The third-order valence-corrected chi connectivity index (χ3v) is 8.48. The first kappa shape index (κ1) is 25.2. The molecule has 0 heterocycles. The van der Waals surface area contributed by atoms with Gasteiger partial charge in [0.2, 0.25) is 0 Å². The minimum Gasteiger partial charge on any atom is -0.483 e. The Bertz CT molecular complexity index is 966. The van der Waals surface area contributed by atoms with E-state index >= 15 is 0 Å². The molecule has 2 aliphatic rings. The largest absolute Gasteiger partial charge is 0.483 e. The lowest BCUT2D eigenvalue weighted by molar-refractivity contribution is 0.113. The predicted molar refractivity (Wildman–Crippen MR) is 138 cm³/mol. The first-order chi connectivity index (χ1) is 16.6. The van der Waals surface area contributed by atoms with Gasteiger partial charge in [-0.1, -0.05) is 82.2 Å². The lowest BCUT2D eigenvalue weighted by atomic mass is 9.63. The van der Waals surface area contributed by atoms with E-state index in [9.17, 15) is 8.78 Å². The van der Waals surface area contributed by atoms with Crippen LogP contribution in [0.25, 0.3) is 10.8 Å². The second kappa shape index (κ2) is 12.2. The van der Waals surface area contributed by atoms with Gasteiger partial charge >= 0.3 is 0 Å². The zero-order valence-electron chi connectivity index (χ0n) is 21.1. The molecule has 0 spiro atoms. The highest BCUT2D eigenvalue weighted by Gasteiger charge is 2.35. The van der Waals surface area contributed by atoms with Crippen LogP contribution < -0.4 is 4.74 Å². The summed E-state index contributed by atoms with van der Waals surface area (Å²) in [6, 6.07) is 7.34. The van der Waals surface area contributed by atoms with E-state index in [1.807, 2.05) is 19.1 Å². The van der Waals surface area contributed by atoms with Crippen LogP contribution >= 0.6 is 0 Å². The van der Waals surface area contributed by atoms with Crippen LogP contribution in [-0.4, -0.2) is 6.61 Å². The number of allylic oxidation sites excluding steroid dienone is 1. The first-order valence-corrected chi connectivity index (χ1v) is 13.8. The Morgan fingerprint density at radius 3 is 2.56 bits per heavy atom. The van der Waals surface area contributed by atoms with Crippen molar-refractivity contribution in [1.82, 2.24) is 0 Å². The maximum Gasteiger partial charge on any atom is 0.191 e. The van der Waals surface area contributed by atoms with Crippen LogP contribution in [0.5, 0.6) is 5.75 Å². The molecule has 2 aliphatic carbocycles. The molecule has 4 unspecified atom stereocenters. The number of rotatable bonds is 10. The van der Waals surface area contributed by atoms with Gasteiger partial charge in [-0.3, -0.25) is 0 Å². The third kappa shape index (κ3) is 6.01. The Labute approximate surface area is 205 Å². The molecule has 2 aromatic carbocycles. The Morgan fingerprint density at radius 1 is 0.941 bits per heavy atom. The molecule has 0 aliphatic heterocycles. The molecule has 2 saturated carbocycles. The van der Waals surface area contributed by atoms with E-state index in [2.05, 4.69) is 13.0 Å². The molecule has 186 valence electrons. The van der Waals surface area contributed by atoms with Gasteiger partial charge in [-0.2, -0.15) is 0 Å². The van der Waals surface area contributed by atoms with Crippen molar-refractivity contribution in [2.24, 2.45) is 17.8 Å². The topological polar surface area (TPSA) is 9.23 Å². The Balaban J connectivity index is 1.37. The highest BCUT2D eigenvalue weighted by molar-refractivity contribution is 5.85. The monoisotopic (exact) mass is 468 g/mol. The van der Waals surface area contributed by atoms with Crippen molar-refractivity contribution in [2.45, 2.75) is 96.8 Å². The number of fused-ring (bicyclic) bond motifs is 2. The third-order valence-electron chi connectivity index (χ3n) is 8.48. The van der Waals surface area contributed by atoms with Crippen molar-refractivity contribution in [3.05, 3.63) is 53.6 Å². The van der Waals surface area contributed by atoms with Gasteiger partial charge in [0.05, 0.1) is 0 Å². The lowest BCUT2D eigenvalue weighted by Gasteiger charge is -2.42. The van der Waals surface area contributed by atoms with Crippen molar-refractivity contribution < 1.29 is 13.5 Å². The summed E-state index contributed by atoms with van der Waals surface area (Å²) in [5, 5.41) is 1.08. The van der Waals surface area contributed by atoms with Gasteiger partial charge < -0.3 is 4.74 Å². The predicted octanol–water partition coefficient (Wildman–Crippen LogP) is 9.73. The summed E-state index contributed by atoms with van der Waals surface area (Å²) in [4.78, 5) is 0. The van der Waals surface area contributed by atoms with Crippen LogP contribution in [0.15, 0.2) is 36.4 Å². The number of hydrogen-bond donors (Lipinski definition) is 0. The van der Waals surface area contributed by atoms with E-state index in [0.717, 1.165) is 17.8 Å². The summed E-state index contributed by atoms with van der Waals surface area (Å²) < 4.78 is 34.9. The second-order valence-electron chi connectivity index (χ2n) is 10.8. The van der Waals surface area contributed by atoms with Crippen LogP contribution in [0.4, 0.5) is 8.78 Å². The summed E-state index contributed by atoms with van der Waals surface area (Å²) in [7, 11) is 0. The van der Waals surface area contributed by atoms with E-state index in [0.29, 0.717) is 16.7 Å². The summed E-state index contributed by atoms with van der Waals surface area (Å²) in [5.74, 6) is 1.66. The maximum atomic E-state index is 14.9. The van der Waals surface area contributed by atoms with E-state index in [1.165, 1.54) is 88.7 Å². The number of hydrogen-bond acceptors (Lipinski definition) is 1. The van der Waals surface area contributed by atoms with Gasteiger partial charge in [-0.25, -0.2) is 8.78 Å². The molecule has 2 fully saturated rings. The highest BCUT2D eigenvalue weighted by atomic mass is 19.1. The molecule has 0 N–H and O–H groups in total. The molecule has 4 rings (SSSR count). The SMILES string of the molecule is CC=CCOc1c(F)cc2cc(C3CCC4CC(CCCCCCC)CCC4C3)ccc2c1F. The molecule has 1 nitrogen and oxygen atoms in total. The fraction of sp³-hybridized carbons (Fsp3) is 0.613. The highest BCUT2D eigenvalue weighted by Crippen LogP contribution is 2.48. The van der Waals surface area contributed by atoms with Crippen molar-refractivity contribution in [1.29, 1.82) is 0 Å². The molecule has 0 saturated heterocycles. The Kier molecular flexibility index (Phi) is 9.03. The van der Waals surface area contributed by atoms with E-state index in [1.54, 1.807) is 12.2 Å². The number of unbranched alkanes of at least 4 members (excludes halogenated alkanes) is 4. The van der Waals surface area contributed by atoms with Gasteiger partial charge in [0.25, 0.3) is 0 Å². The smallest absolute Gasteiger partial charge is 0.191 e. The molecule has 0 radical (unpaired) electrons. The molecular formula is C31H42F2O. The van der Waals surface area contributed by atoms with E-state index in [4.69, 9.17) is 4.74 Å². The molecule has 0 bridgehead atoms. The normalized spacial score (nSPS) is 25.1. The summed E-state index contributed by atoms with van der Waals surface area (Å²) in [5.41, 5.74) is 1.24. The maximum absolute atomic E-state index is 14.9. The van der Waals surface area contributed by atoms with Crippen molar-refractivity contribution >= 4 is 10.8 Å². The van der Waals surface area contributed by atoms with Gasteiger partial charge in [0.1, 0.15) is 6.61 Å². The fourth-order valence-electron chi connectivity index (χ4n) is 6.53. The van der Waals surface area contributed by atoms with E-state index in [-0.39, 0.29) is 12.4 Å². The quantitative estimate of drug-likeness (QED) is 0.249. The van der Waals surface area contributed by atoms with E-state index < -0.39 is 11.6 Å². The molecule has 0 amide bonds. The Morgan fingerprint density at radius 2 is 1.74 bits per heavy atom. The summed E-state index contributed by atoms with van der Waals surface area (Å²) >= 11 is 0. The summed E-state index contributed by atoms with van der Waals surface area (Å²) in [6.45, 7) is 4.30. The summed E-state index contributed by atoms with van der Waals surface area (Å²) in [6.07, 6.45) is 19.8. The lowest BCUT2D eigenvalue weighted by Crippen LogP contribution is -2.30. The van der Waals surface area contributed by atoms with Crippen LogP contribution in [-0.2, 0) is 0 Å². The number of halogens is 2. The van der Waals surface area contributed by atoms with Crippen molar-refractivity contribution in [3.63, 3.8) is 0 Å². The van der Waals surface area contributed by atoms with Gasteiger partial charge in [0, 0.05) is 5.39 Å². The molecule has 34 heavy (non-hydrogen) atoms. The first-order valence-electron chi connectivity index (χ1n) is 13.8. The van der Waals surface area contributed by atoms with Gasteiger partial charge in [0.15, 0.2) is 17.4 Å². The zero-order chi connectivity index (χ0) is 23.9. The Hall–Kier alpha value is -1.90. The molecular weight excluding hydrogens is 426 g/mol. The minimum absolute atomic E-state index is 0.165. The zero-order valence-corrected chi connectivity index (χ0v) is 21.1. The van der Waals surface area contributed by atoms with Crippen LogP contribution in [0.2, 0.25) is 0 Å². The molecule has 0 aromatic heterocycles. The standard InChI is InChI=1S/C31H42F2O/c1-3-5-7-8-9-10-22-11-12-24-19-25(14-13-23(24)18-22)26-15-16-28-27(20-26)21-29(32)31(30(28)33)34-17-6-4-2/h4,6,15-16,20-25H,3,5,7-14,17-19H2,1-2H3. The number of ether oxygens (including phenoxy) is 1. The second-order valence-corrected chi connectivity index (χ2v) is 10.8. The molecule has 2 aromatic rings. The molecule has 4 atom stereocenters. The van der Waals surface area contributed by atoms with Gasteiger partial charge in [-0.05, 0) is 79.7 Å². The van der Waals surface area contributed by atoms with Crippen LogP contribution in [0, 0.1) is 29.4 Å². The number of benzene rings is 2. The van der Waals surface area contributed by atoms with Crippen LogP contribution in [0.1, 0.15) is 102 Å². The average molecular weight is 469 g/mol. The average Bonchev–Trinajstić information content (AvgIpc) is 2.85. The van der Waals surface area contributed by atoms with Crippen molar-refractivity contribution in [3.8, 4) is 5.75 Å². The van der Waals surface area contributed by atoms with Crippen molar-refractivity contribution in [2.75, 3.05) is 6.61 Å². The fourth-order valence-corrected chi connectivity index (χ4v) is 6.53. The minimum atomic E-state index is -0.622. The molecule has 3 heteroatoms. The van der Waals surface area contributed by atoms with Crippen LogP contribution in [0.3, 0.4) is 0 Å².